The molecule has 0 saturated heterocycles. The lowest BCUT2D eigenvalue weighted by Gasteiger charge is -2.29. The second-order valence-electron chi connectivity index (χ2n) is 7.96. The maximum absolute atomic E-state index is 12.8. The predicted molar refractivity (Wildman–Crippen MR) is 118 cm³/mol. The molecule has 2 aromatic rings. The van der Waals surface area contributed by atoms with Gasteiger partial charge in [-0.1, -0.05) is 37.2 Å². The van der Waals surface area contributed by atoms with E-state index in [0.29, 0.717) is 22.4 Å². The highest BCUT2D eigenvalue weighted by atomic mass is 32.2. The highest BCUT2D eigenvalue weighted by Crippen LogP contribution is 2.54. The molecule has 1 aliphatic carbocycles. The van der Waals surface area contributed by atoms with Gasteiger partial charge in [0.1, 0.15) is 16.4 Å². The molecule has 1 N–H and O–H groups in total. The van der Waals surface area contributed by atoms with E-state index in [4.69, 9.17) is 0 Å². The average Bonchev–Trinajstić information content (AvgIpc) is 3.06. The van der Waals surface area contributed by atoms with Gasteiger partial charge in [0.05, 0.1) is 5.25 Å². The minimum atomic E-state index is -0.304. The van der Waals surface area contributed by atoms with Crippen molar-refractivity contribution in [1.82, 2.24) is 9.97 Å². The highest BCUT2D eigenvalue weighted by Gasteiger charge is 2.40. The van der Waals surface area contributed by atoms with Gasteiger partial charge in [-0.3, -0.25) is 9.59 Å². The number of carbonyl (C=O) groups is 2. The van der Waals surface area contributed by atoms with E-state index in [0.717, 1.165) is 16.0 Å². The summed E-state index contributed by atoms with van der Waals surface area (Å²) >= 11 is 3.38. The van der Waals surface area contributed by atoms with Gasteiger partial charge in [-0.2, -0.15) is 0 Å². The Morgan fingerprint density at radius 3 is 2.90 bits per heavy atom. The van der Waals surface area contributed by atoms with E-state index in [1.54, 1.807) is 30.6 Å². The van der Waals surface area contributed by atoms with Gasteiger partial charge in [-0.25, -0.2) is 9.97 Å². The van der Waals surface area contributed by atoms with Crippen LogP contribution in [0.2, 0.25) is 0 Å². The smallest absolute Gasteiger partial charge is 0.237 e. The number of amides is 1. The summed E-state index contributed by atoms with van der Waals surface area (Å²) in [6.07, 6.45) is 5.25. The van der Waals surface area contributed by atoms with Crippen molar-refractivity contribution in [2.75, 3.05) is 5.32 Å². The third kappa shape index (κ3) is 4.36. The first-order valence-corrected chi connectivity index (χ1v) is 11.8. The molecule has 5 nitrogen and oxygen atoms in total. The molecule has 1 aromatic carbocycles. The number of ketones is 1. The van der Waals surface area contributed by atoms with Gasteiger partial charge in [-0.05, 0) is 44.7 Å². The van der Waals surface area contributed by atoms with Gasteiger partial charge < -0.3 is 5.32 Å². The van der Waals surface area contributed by atoms with Gasteiger partial charge in [-0.15, -0.1) is 11.8 Å². The Kier molecular flexibility index (Phi) is 5.97. The quantitative estimate of drug-likeness (QED) is 0.403. The summed E-state index contributed by atoms with van der Waals surface area (Å²) in [6.45, 7) is 5.74. The van der Waals surface area contributed by atoms with Crippen LogP contribution in [-0.2, 0) is 4.79 Å². The Hall–Kier alpha value is -1.86. The van der Waals surface area contributed by atoms with Gasteiger partial charge in [0.2, 0.25) is 5.91 Å². The molecule has 4 atom stereocenters. The molecule has 4 rings (SSSR count). The number of Topliss-reactive ketones (excluding diaryl/α,β-unsaturated/α-hetero) is 1. The first-order valence-electron chi connectivity index (χ1n) is 10.0. The van der Waals surface area contributed by atoms with E-state index >= 15 is 0 Å². The summed E-state index contributed by atoms with van der Waals surface area (Å²) in [5, 5.41) is 5.23. The molecule has 0 radical (unpaired) electrons. The fourth-order valence-electron chi connectivity index (χ4n) is 4.08. The van der Waals surface area contributed by atoms with Crippen molar-refractivity contribution < 1.29 is 9.59 Å². The van der Waals surface area contributed by atoms with Crippen LogP contribution in [0.25, 0.3) is 0 Å². The van der Waals surface area contributed by atoms with Crippen LogP contribution in [0.15, 0.2) is 40.6 Å². The van der Waals surface area contributed by atoms with Crippen LogP contribution in [0.4, 0.5) is 5.69 Å². The van der Waals surface area contributed by atoms with E-state index in [1.165, 1.54) is 43.5 Å². The van der Waals surface area contributed by atoms with Crippen molar-refractivity contribution >= 4 is 40.9 Å². The predicted octanol–water partition coefficient (Wildman–Crippen LogP) is 5.18. The van der Waals surface area contributed by atoms with Gasteiger partial charge in [0, 0.05) is 28.0 Å². The van der Waals surface area contributed by atoms with Gasteiger partial charge >= 0.3 is 0 Å². The summed E-state index contributed by atoms with van der Waals surface area (Å²) < 4.78 is 0. The number of hydrogen-bond donors (Lipinski definition) is 1. The van der Waals surface area contributed by atoms with Crippen LogP contribution in [0, 0.1) is 5.92 Å². The fourth-order valence-corrected chi connectivity index (χ4v) is 6.76. The number of aromatic nitrogens is 2. The molecule has 2 heterocycles. The fraction of sp³-hybridized carbons (Fsp3) is 0.455. The molecule has 1 amide bonds. The second kappa shape index (κ2) is 8.48. The molecule has 29 heavy (non-hydrogen) atoms. The Morgan fingerprint density at radius 1 is 1.28 bits per heavy atom. The standard InChI is InChI=1S/C22H25N3O2S2/c1-12-7-8-17-18(9-12)29-22-19(17)21(23-11-24-22)28-14(3)20(27)25-16-6-4-5-15(10-16)13(2)26/h4-6,10-12,14,17-18H,7-9H2,1-3H3,(H,25,27). The summed E-state index contributed by atoms with van der Waals surface area (Å²) in [5.41, 5.74) is 2.48. The first-order chi connectivity index (χ1) is 13.9. The zero-order valence-electron chi connectivity index (χ0n) is 16.8. The van der Waals surface area contributed by atoms with Crippen LogP contribution >= 0.6 is 23.5 Å². The molecule has 1 saturated carbocycles. The molecule has 1 fully saturated rings. The molecular formula is C22H25N3O2S2. The molecular weight excluding hydrogens is 402 g/mol. The number of nitrogens with zero attached hydrogens (tertiary/aromatic N) is 2. The Bertz CT molecular complexity index is 949. The first kappa shape index (κ1) is 20.4. The third-order valence-corrected chi connectivity index (χ3v) is 8.18. The van der Waals surface area contributed by atoms with E-state index in [-0.39, 0.29) is 16.9 Å². The molecule has 0 spiro atoms. The van der Waals surface area contributed by atoms with E-state index in [9.17, 15) is 9.59 Å². The van der Waals surface area contributed by atoms with Crippen LogP contribution < -0.4 is 5.32 Å². The maximum Gasteiger partial charge on any atom is 0.237 e. The van der Waals surface area contributed by atoms with E-state index in [2.05, 4.69) is 22.2 Å². The lowest BCUT2D eigenvalue weighted by atomic mass is 9.80. The van der Waals surface area contributed by atoms with Crippen molar-refractivity contribution in [2.24, 2.45) is 5.92 Å². The lowest BCUT2D eigenvalue weighted by molar-refractivity contribution is -0.115. The Labute approximate surface area is 179 Å². The summed E-state index contributed by atoms with van der Waals surface area (Å²) in [4.78, 5) is 33.4. The Morgan fingerprint density at radius 2 is 2.10 bits per heavy atom. The van der Waals surface area contributed by atoms with Crippen LogP contribution in [0.5, 0.6) is 0 Å². The molecule has 152 valence electrons. The molecule has 7 heteroatoms. The van der Waals surface area contributed by atoms with Gasteiger partial charge in [0.25, 0.3) is 0 Å². The van der Waals surface area contributed by atoms with Crippen LogP contribution in [0.1, 0.15) is 61.9 Å². The van der Waals surface area contributed by atoms with Gasteiger partial charge in [0.15, 0.2) is 5.78 Å². The molecule has 1 aliphatic heterocycles. The number of carbonyl (C=O) groups excluding carboxylic acids is 2. The van der Waals surface area contributed by atoms with E-state index in [1.807, 2.05) is 18.7 Å². The normalized spacial score (nSPS) is 23.8. The molecule has 4 unspecified atom stereocenters. The van der Waals surface area contributed by atoms with Crippen molar-refractivity contribution in [2.45, 2.75) is 66.5 Å². The monoisotopic (exact) mass is 427 g/mol. The topological polar surface area (TPSA) is 72.0 Å². The number of fused-ring (bicyclic) bond motifs is 3. The summed E-state index contributed by atoms with van der Waals surface area (Å²) in [5.74, 6) is 1.14. The van der Waals surface area contributed by atoms with Crippen LogP contribution in [-0.4, -0.2) is 32.2 Å². The minimum Gasteiger partial charge on any atom is -0.325 e. The number of benzene rings is 1. The largest absolute Gasteiger partial charge is 0.325 e. The third-order valence-electron chi connectivity index (χ3n) is 5.69. The second-order valence-corrected chi connectivity index (χ2v) is 10.5. The molecule has 0 bridgehead atoms. The molecule has 2 aliphatic rings. The van der Waals surface area contributed by atoms with E-state index < -0.39 is 0 Å². The lowest BCUT2D eigenvalue weighted by Crippen LogP contribution is -2.24. The summed E-state index contributed by atoms with van der Waals surface area (Å²) in [7, 11) is 0. The number of anilines is 1. The van der Waals surface area contributed by atoms with Crippen LogP contribution in [0.3, 0.4) is 0 Å². The zero-order chi connectivity index (χ0) is 20.5. The average molecular weight is 428 g/mol. The van der Waals surface area contributed by atoms with Crippen molar-refractivity contribution in [3.63, 3.8) is 0 Å². The number of rotatable bonds is 5. The molecule has 1 aromatic heterocycles. The van der Waals surface area contributed by atoms with Crippen molar-refractivity contribution in [3.8, 4) is 0 Å². The maximum atomic E-state index is 12.8. The number of thioether (sulfide) groups is 2. The minimum absolute atomic E-state index is 0.0195. The highest BCUT2D eigenvalue weighted by molar-refractivity contribution is 8.01. The SMILES string of the molecule is CC(=O)c1cccc(NC(=O)C(C)Sc2ncnc3c2C2CCC(C)CC2S3)c1. The summed E-state index contributed by atoms with van der Waals surface area (Å²) in [6, 6.07) is 7.04. The van der Waals surface area contributed by atoms with Crippen molar-refractivity contribution in [3.05, 3.63) is 41.7 Å². The number of nitrogens with one attached hydrogen (secondary N) is 1. The number of hydrogen-bond acceptors (Lipinski definition) is 6. The Balaban J connectivity index is 1.48. The van der Waals surface area contributed by atoms with Crippen molar-refractivity contribution in [1.29, 1.82) is 0 Å². The zero-order valence-corrected chi connectivity index (χ0v) is 18.5.